The highest BCUT2D eigenvalue weighted by Gasteiger charge is 2.54. The number of nitrogens with zero attached hydrogens (tertiary/aromatic N) is 1. The minimum Gasteiger partial charge on any atom is -0.324 e. The van der Waals surface area contributed by atoms with Crippen LogP contribution in [0.5, 0.6) is 0 Å². The van der Waals surface area contributed by atoms with Crippen LogP contribution in [0.15, 0.2) is 30.3 Å². The lowest BCUT2D eigenvalue weighted by Crippen LogP contribution is -2.48. The summed E-state index contributed by atoms with van der Waals surface area (Å²) in [6, 6.07) is 9.45. The summed E-state index contributed by atoms with van der Waals surface area (Å²) in [6.07, 6.45) is 0. The molecule has 6 heteroatoms. The van der Waals surface area contributed by atoms with Gasteiger partial charge in [-0.05, 0) is 19.4 Å². The summed E-state index contributed by atoms with van der Waals surface area (Å²) in [7, 11) is 0. The highest BCUT2D eigenvalue weighted by Crippen LogP contribution is 2.40. The van der Waals surface area contributed by atoms with Crippen LogP contribution in [-0.4, -0.2) is 34.4 Å². The van der Waals surface area contributed by atoms with Crippen LogP contribution in [0.25, 0.3) is 0 Å². The molecule has 1 aromatic rings. The highest BCUT2D eigenvalue weighted by atomic mass is 32.2. The molecule has 1 aromatic carbocycles. The Morgan fingerprint density at radius 2 is 1.70 bits per heavy atom. The van der Waals surface area contributed by atoms with Gasteiger partial charge in [0, 0.05) is 25.0 Å². The predicted octanol–water partition coefficient (Wildman–Crippen LogP) is 1.97. The van der Waals surface area contributed by atoms with Gasteiger partial charge in [-0.25, -0.2) is 0 Å². The fraction of sp³-hybridized carbons (Fsp3) is 0.429. The maximum absolute atomic E-state index is 12.1. The van der Waals surface area contributed by atoms with Crippen LogP contribution in [0.2, 0.25) is 0 Å². The molecule has 1 amide bonds. The van der Waals surface area contributed by atoms with E-state index < -0.39 is 16.3 Å². The van der Waals surface area contributed by atoms with Crippen LogP contribution in [0.1, 0.15) is 19.4 Å². The lowest BCUT2D eigenvalue weighted by atomic mass is 10.2. The molecule has 1 heterocycles. The molecule has 1 fully saturated rings. The Kier molecular flexibility index (Phi) is 4.80. The third-order valence-electron chi connectivity index (χ3n) is 2.81. The van der Waals surface area contributed by atoms with Crippen LogP contribution in [0.3, 0.4) is 0 Å². The zero-order valence-electron chi connectivity index (χ0n) is 11.5. The number of carbonyl (C=O) groups is 2. The Balaban J connectivity index is 2.29. The highest BCUT2D eigenvalue weighted by molar-refractivity contribution is 8.16. The molecular formula is C14H17NO4S. The van der Waals surface area contributed by atoms with Crippen molar-refractivity contribution >= 4 is 22.8 Å². The molecule has 2 rings (SSSR count). The second-order valence-electron chi connectivity index (χ2n) is 4.16. The molecule has 5 nitrogen and oxygen atoms in total. The van der Waals surface area contributed by atoms with E-state index in [2.05, 4.69) is 0 Å². The van der Waals surface area contributed by atoms with E-state index in [1.54, 1.807) is 13.8 Å². The lowest BCUT2D eigenvalue weighted by molar-refractivity contribution is -0.242. The largest absolute Gasteiger partial charge is 0.324 e. The number of carbonyl (C=O) groups excluding carboxylic acids is 2. The quantitative estimate of drug-likeness (QED) is 0.593. The first-order chi connectivity index (χ1) is 9.63. The van der Waals surface area contributed by atoms with Gasteiger partial charge in [-0.1, -0.05) is 30.3 Å². The first-order valence-corrected chi connectivity index (χ1v) is 7.31. The summed E-state index contributed by atoms with van der Waals surface area (Å²) in [4.78, 5) is 25.2. The van der Waals surface area contributed by atoms with Crippen molar-refractivity contribution in [3.63, 3.8) is 0 Å². The molecule has 0 spiro atoms. The SMILES string of the molecule is CCOC1(OCC)SC(=O)C(=O)N1Cc1ccccc1. The Labute approximate surface area is 122 Å². The van der Waals surface area contributed by atoms with Gasteiger partial charge in [0.1, 0.15) is 0 Å². The van der Waals surface area contributed by atoms with E-state index in [0.29, 0.717) is 13.2 Å². The lowest BCUT2D eigenvalue weighted by Gasteiger charge is -2.34. The molecule has 0 bridgehead atoms. The second-order valence-corrected chi connectivity index (χ2v) is 5.25. The Hall–Kier alpha value is -1.37. The maximum Gasteiger partial charge on any atom is 0.315 e. The van der Waals surface area contributed by atoms with E-state index in [0.717, 1.165) is 17.3 Å². The molecule has 0 saturated carbocycles. The van der Waals surface area contributed by atoms with Gasteiger partial charge in [-0.15, -0.1) is 0 Å². The number of benzene rings is 1. The summed E-state index contributed by atoms with van der Waals surface area (Å²) in [5.41, 5.74) is 0.917. The first kappa shape index (κ1) is 15.0. The second kappa shape index (κ2) is 6.39. The smallest absolute Gasteiger partial charge is 0.315 e. The van der Waals surface area contributed by atoms with Crippen LogP contribution in [0, 0.1) is 0 Å². The number of thioether (sulfide) groups is 1. The van der Waals surface area contributed by atoms with Gasteiger partial charge in [-0.2, -0.15) is 0 Å². The fourth-order valence-electron chi connectivity index (χ4n) is 2.01. The van der Waals surface area contributed by atoms with Gasteiger partial charge in [0.15, 0.2) is 0 Å². The number of rotatable bonds is 6. The molecule has 0 atom stereocenters. The van der Waals surface area contributed by atoms with E-state index >= 15 is 0 Å². The van der Waals surface area contributed by atoms with Crippen molar-refractivity contribution in [2.45, 2.75) is 25.6 Å². The van der Waals surface area contributed by atoms with Gasteiger partial charge in [0.2, 0.25) is 0 Å². The van der Waals surface area contributed by atoms with E-state index in [4.69, 9.17) is 9.47 Å². The number of ether oxygens (including phenoxy) is 2. The summed E-state index contributed by atoms with van der Waals surface area (Å²) < 4.78 is 11.2. The fourth-order valence-corrected chi connectivity index (χ4v) is 3.05. The summed E-state index contributed by atoms with van der Waals surface area (Å²) in [5, 5.41) is -1.89. The molecule has 0 unspecified atom stereocenters. The first-order valence-electron chi connectivity index (χ1n) is 6.49. The summed E-state index contributed by atoms with van der Waals surface area (Å²) in [6.45, 7) is 4.57. The van der Waals surface area contributed by atoms with Crippen molar-refractivity contribution in [2.24, 2.45) is 0 Å². The molecule has 1 aliphatic rings. The van der Waals surface area contributed by atoms with Crippen LogP contribution < -0.4 is 0 Å². The zero-order valence-corrected chi connectivity index (χ0v) is 12.3. The van der Waals surface area contributed by atoms with E-state index in [9.17, 15) is 9.59 Å². The van der Waals surface area contributed by atoms with Gasteiger partial charge in [0.25, 0.3) is 5.12 Å². The number of hydrogen-bond donors (Lipinski definition) is 0. The average Bonchev–Trinajstić information content (AvgIpc) is 2.66. The Morgan fingerprint density at radius 1 is 1.10 bits per heavy atom. The molecule has 0 radical (unpaired) electrons. The van der Waals surface area contributed by atoms with E-state index in [1.807, 2.05) is 30.3 Å². The standard InChI is InChI=1S/C14H17NO4S/c1-3-18-14(19-4-2)15(12(16)13(17)20-14)10-11-8-6-5-7-9-11/h5-9H,3-4,10H2,1-2H3. The third-order valence-corrected chi connectivity index (χ3v) is 3.88. The number of amides is 1. The average molecular weight is 295 g/mol. The Morgan fingerprint density at radius 3 is 2.25 bits per heavy atom. The minimum absolute atomic E-state index is 0.276. The predicted molar refractivity (Wildman–Crippen MR) is 75.6 cm³/mol. The zero-order chi connectivity index (χ0) is 14.6. The van der Waals surface area contributed by atoms with Gasteiger partial charge in [-0.3, -0.25) is 14.5 Å². The molecule has 0 N–H and O–H groups in total. The summed E-state index contributed by atoms with van der Waals surface area (Å²) >= 11 is 0.791. The van der Waals surface area contributed by atoms with Crippen molar-refractivity contribution in [1.29, 1.82) is 0 Å². The van der Waals surface area contributed by atoms with Crippen LogP contribution in [-0.2, 0) is 25.6 Å². The molecule has 1 saturated heterocycles. The maximum atomic E-state index is 12.1. The molecule has 0 aromatic heterocycles. The Bertz CT molecular complexity index is 485. The van der Waals surface area contributed by atoms with Crippen LogP contribution in [0.4, 0.5) is 0 Å². The van der Waals surface area contributed by atoms with Gasteiger partial charge in [0.05, 0.1) is 6.54 Å². The van der Waals surface area contributed by atoms with E-state index in [1.165, 1.54) is 4.90 Å². The minimum atomic E-state index is -1.34. The molecule has 20 heavy (non-hydrogen) atoms. The van der Waals surface area contributed by atoms with Crippen molar-refractivity contribution in [3.8, 4) is 0 Å². The van der Waals surface area contributed by atoms with Crippen molar-refractivity contribution in [3.05, 3.63) is 35.9 Å². The van der Waals surface area contributed by atoms with Crippen molar-refractivity contribution in [1.82, 2.24) is 4.90 Å². The topological polar surface area (TPSA) is 55.8 Å². The van der Waals surface area contributed by atoms with E-state index in [-0.39, 0.29) is 6.54 Å². The summed E-state index contributed by atoms with van der Waals surface area (Å²) in [5.74, 6) is -0.583. The molecular weight excluding hydrogens is 278 g/mol. The van der Waals surface area contributed by atoms with Crippen molar-refractivity contribution < 1.29 is 19.1 Å². The van der Waals surface area contributed by atoms with Crippen molar-refractivity contribution in [2.75, 3.05) is 13.2 Å². The van der Waals surface area contributed by atoms with Gasteiger partial charge < -0.3 is 9.47 Å². The molecule has 0 aliphatic carbocycles. The molecule has 108 valence electrons. The third kappa shape index (κ3) is 2.87. The normalized spacial score (nSPS) is 17.8. The molecule has 1 aliphatic heterocycles. The van der Waals surface area contributed by atoms with Gasteiger partial charge >= 0.3 is 11.2 Å². The monoisotopic (exact) mass is 295 g/mol. The van der Waals surface area contributed by atoms with Crippen LogP contribution >= 0.6 is 11.8 Å². The number of hydrogen-bond acceptors (Lipinski definition) is 5.